The van der Waals surface area contributed by atoms with Crippen molar-refractivity contribution < 1.29 is 24.2 Å². The van der Waals surface area contributed by atoms with E-state index in [1.165, 1.54) is 22.7 Å². The van der Waals surface area contributed by atoms with E-state index in [0.29, 0.717) is 60.2 Å². The highest BCUT2D eigenvalue weighted by Crippen LogP contribution is 2.45. The van der Waals surface area contributed by atoms with E-state index in [2.05, 4.69) is 62.7 Å². The van der Waals surface area contributed by atoms with Gasteiger partial charge < -0.3 is 26.0 Å². The molecule has 0 spiro atoms. The summed E-state index contributed by atoms with van der Waals surface area (Å²) in [6.45, 7) is 14.0. The number of anilines is 2. The summed E-state index contributed by atoms with van der Waals surface area (Å²) in [6, 6.07) is 0. The van der Waals surface area contributed by atoms with Gasteiger partial charge in [0.2, 0.25) is 11.9 Å². The van der Waals surface area contributed by atoms with Gasteiger partial charge in [0.25, 0.3) is 0 Å². The zero-order valence-corrected chi connectivity index (χ0v) is 37.5. The zero-order valence-electron chi connectivity index (χ0n) is 35.9. The molecule has 0 radical (unpaired) electrons. The van der Waals surface area contributed by atoms with Crippen molar-refractivity contribution in [1.29, 1.82) is 0 Å². The Balaban J connectivity index is 0.000000174. The molecule has 6 aromatic heterocycles. The van der Waals surface area contributed by atoms with E-state index in [1.807, 2.05) is 24.6 Å². The number of nitrogens with two attached hydrogens (primary N) is 2. The minimum absolute atomic E-state index is 0.00410. The Morgan fingerprint density at radius 3 is 1.71 bits per heavy atom. The van der Waals surface area contributed by atoms with E-state index < -0.39 is 0 Å². The first kappa shape index (κ1) is 43.3. The minimum atomic E-state index is -0.334. The zero-order chi connectivity index (χ0) is 43.9. The van der Waals surface area contributed by atoms with Crippen molar-refractivity contribution in [3.63, 3.8) is 0 Å². The van der Waals surface area contributed by atoms with E-state index in [1.54, 1.807) is 21.8 Å². The summed E-state index contributed by atoms with van der Waals surface area (Å²) in [6.07, 6.45) is 8.18. The fourth-order valence-corrected chi connectivity index (χ4v) is 10.2. The van der Waals surface area contributed by atoms with Gasteiger partial charge in [0.05, 0.1) is 50.5 Å². The third kappa shape index (κ3) is 8.81. The number of carbonyl (C=O) groups excluding carboxylic acids is 2. The summed E-state index contributed by atoms with van der Waals surface area (Å²) in [7, 11) is 0. The van der Waals surface area contributed by atoms with Crippen molar-refractivity contribution in [2.45, 2.75) is 117 Å². The molecule has 326 valence electrons. The molecule has 0 saturated carbocycles. The van der Waals surface area contributed by atoms with Crippen LogP contribution in [0, 0.1) is 13.8 Å². The molecule has 0 amide bonds. The molecule has 3 aliphatic rings. The Bertz CT molecular complexity index is 2640. The fraction of sp³-hybridized carbons (Fsp3) is 0.488. The first-order chi connectivity index (χ1) is 29.6. The maximum Gasteiger partial charge on any atom is 0.220 e. The number of ketones is 2. The predicted octanol–water partition coefficient (Wildman–Crippen LogP) is 5.43. The molecule has 9 rings (SSSR count). The van der Waals surface area contributed by atoms with Crippen molar-refractivity contribution in [3.8, 4) is 22.8 Å². The van der Waals surface area contributed by atoms with Crippen LogP contribution in [0.1, 0.15) is 112 Å². The number of aryl methyl sites for hydroxylation is 2. The van der Waals surface area contributed by atoms with E-state index >= 15 is 0 Å². The van der Waals surface area contributed by atoms with Gasteiger partial charge in [-0.05, 0) is 67.9 Å². The number of fused-ring (bicyclic) bond motifs is 6. The van der Waals surface area contributed by atoms with Gasteiger partial charge in [-0.25, -0.2) is 29.9 Å². The highest BCUT2D eigenvalue weighted by atomic mass is 32.1. The monoisotopic (exact) mass is 880 g/mol. The van der Waals surface area contributed by atoms with E-state index in [-0.39, 0.29) is 66.6 Å². The molecule has 2 aliphatic carbocycles. The van der Waals surface area contributed by atoms with Crippen molar-refractivity contribution in [2.75, 3.05) is 31.3 Å². The number of aromatic nitrogens is 10. The fourth-order valence-electron chi connectivity index (χ4n) is 8.68. The normalized spacial score (nSPS) is 17.0. The molecule has 1 fully saturated rings. The lowest BCUT2D eigenvalue weighted by Crippen LogP contribution is -2.29. The summed E-state index contributed by atoms with van der Waals surface area (Å²) in [5.41, 5.74) is 20.4. The van der Waals surface area contributed by atoms with Crippen LogP contribution in [-0.4, -0.2) is 92.2 Å². The van der Waals surface area contributed by atoms with Crippen molar-refractivity contribution >= 4 is 46.1 Å². The Kier molecular flexibility index (Phi) is 12.2. The summed E-state index contributed by atoms with van der Waals surface area (Å²) in [5.74, 6) is 0.306. The molecule has 7 heterocycles. The van der Waals surface area contributed by atoms with Crippen LogP contribution in [0.15, 0.2) is 23.2 Å². The molecule has 5 N–H and O–H groups in total. The van der Waals surface area contributed by atoms with Gasteiger partial charge in [-0.15, -0.1) is 22.7 Å². The molecule has 1 saturated heterocycles. The van der Waals surface area contributed by atoms with Gasteiger partial charge in [0.1, 0.15) is 32.8 Å². The summed E-state index contributed by atoms with van der Waals surface area (Å²) < 4.78 is 15.0. The number of ether oxygens (including phenoxy) is 2. The first-order valence-electron chi connectivity index (χ1n) is 20.8. The summed E-state index contributed by atoms with van der Waals surface area (Å²) in [4.78, 5) is 53.1. The van der Waals surface area contributed by atoms with Crippen LogP contribution in [0.3, 0.4) is 0 Å². The number of aliphatic hydroxyl groups excluding tert-OH is 1. The quantitative estimate of drug-likeness (QED) is 0.130. The van der Waals surface area contributed by atoms with Crippen LogP contribution in [-0.2, 0) is 59.1 Å². The first-order valence-corrected chi connectivity index (χ1v) is 22.6. The SMILES string of the molecule is Cc1csc(CC(=O)c2c3c(nn2CCO)-c2nc(N)ncc2CC3(C)C)n1.Cc1csc(CC(=O)c2c3c(nn2CCOC2CCCCO2)-c2nc(N)ncc2CC3(C)C)n1. The van der Waals surface area contributed by atoms with Crippen molar-refractivity contribution in [1.82, 2.24) is 49.5 Å². The molecule has 19 heteroatoms. The Hall–Kier alpha value is -5.34. The second kappa shape index (κ2) is 17.4. The predicted molar refractivity (Wildman–Crippen MR) is 235 cm³/mol. The Morgan fingerprint density at radius 2 is 1.27 bits per heavy atom. The van der Waals surface area contributed by atoms with Gasteiger partial charge in [-0.3, -0.25) is 19.0 Å². The van der Waals surface area contributed by atoms with Crippen LogP contribution in [0.5, 0.6) is 0 Å². The number of hydrogen-bond donors (Lipinski definition) is 3. The number of nitrogen functional groups attached to an aromatic ring is 2. The summed E-state index contributed by atoms with van der Waals surface area (Å²) in [5, 5.41) is 24.5. The average Bonchev–Trinajstić information content (AvgIpc) is 4.02. The number of hydrogen-bond acceptors (Lipinski definition) is 17. The third-order valence-electron chi connectivity index (χ3n) is 11.3. The topological polar surface area (TPSA) is 238 Å². The maximum atomic E-state index is 13.7. The number of nitrogens with zero attached hydrogens (tertiary/aromatic N) is 10. The van der Waals surface area contributed by atoms with E-state index in [4.69, 9.17) is 26.0 Å². The molecule has 1 unspecified atom stereocenters. The third-order valence-corrected chi connectivity index (χ3v) is 13.2. The standard InChI is InChI=1S/C24H30N6O3S.C19H22N6O2S/c1-14-13-34-17(27-14)10-16(31)22-19-21(20-15(11-24(19,2)3)12-26-23(25)28-20)29-30(22)7-9-33-18-6-4-5-8-32-18;1-10-9-28-13(22-10)6-12(27)17-14-16(24-25(17)4-5-26)15-11(7-19(14,2)3)8-21-18(20)23-15/h12-13,18H,4-11H2,1-3H3,(H2,25,26,28);8-9,26H,4-7H2,1-3H3,(H2,20,21,23). The molecule has 1 atom stereocenters. The molecular weight excluding hydrogens is 829 g/mol. The van der Waals surface area contributed by atoms with Gasteiger partial charge >= 0.3 is 0 Å². The number of Topliss-reactive ketones (excluding diaryl/α,β-unsaturated/α-hetero) is 2. The largest absolute Gasteiger partial charge is 0.394 e. The second-order valence-electron chi connectivity index (χ2n) is 17.3. The number of thiazole rings is 2. The van der Waals surface area contributed by atoms with Crippen LogP contribution in [0.2, 0.25) is 0 Å². The minimum Gasteiger partial charge on any atom is -0.394 e. The molecule has 0 bridgehead atoms. The Morgan fingerprint density at radius 1 is 0.774 bits per heavy atom. The molecule has 17 nitrogen and oxygen atoms in total. The van der Waals surface area contributed by atoms with Gasteiger partial charge in [0.15, 0.2) is 17.9 Å². The van der Waals surface area contributed by atoms with E-state index in [9.17, 15) is 14.7 Å². The molecular formula is C43H52N12O5S2. The summed E-state index contributed by atoms with van der Waals surface area (Å²) >= 11 is 2.98. The number of rotatable bonds is 12. The molecule has 0 aromatic carbocycles. The molecule has 62 heavy (non-hydrogen) atoms. The van der Waals surface area contributed by atoms with Crippen LogP contribution >= 0.6 is 22.7 Å². The van der Waals surface area contributed by atoms with Gasteiger partial charge in [0, 0.05) is 52.3 Å². The molecule has 1 aliphatic heterocycles. The lowest BCUT2D eigenvalue weighted by molar-refractivity contribution is -0.163. The van der Waals surface area contributed by atoms with Crippen LogP contribution in [0.4, 0.5) is 11.9 Å². The molecule has 6 aromatic rings. The number of carbonyl (C=O) groups is 2. The smallest absolute Gasteiger partial charge is 0.220 e. The highest BCUT2D eigenvalue weighted by Gasteiger charge is 2.42. The van der Waals surface area contributed by atoms with Crippen molar-refractivity contribution in [3.05, 3.63) is 78.2 Å². The lowest BCUT2D eigenvalue weighted by Gasteiger charge is -2.31. The highest BCUT2D eigenvalue weighted by molar-refractivity contribution is 7.10. The van der Waals surface area contributed by atoms with Gasteiger partial charge in [-0.2, -0.15) is 10.2 Å². The lowest BCUT2D eigenvalue weighted by atomic mass is 9.72. The maximum absolute atomic E-state index is 13.7. The second-order valence-corrected chi connectivity index (χ2v) is 19.2. The van der Waals surface area contributed by atoms with Crippen molar-refractivity contribution in [2.24, 2.45) is 0 Å². The van der Waals surface area contributed by atoms with Crippen LogP contribution in [0.25, 0.3) is 22.8 Å². The van der Waals surface area contributed by atoms with E-state index in [0.717, 1.165) is 69.5 Å². The van der Waals surface area contributed by atoms with Crippen LogP contribution < -0.4 is 11.5 Å². The average molecular weight is 881 g/mol. The van der Waals surface area contributed by atoms with Gasteiger partial charge in [-0.1, -0.05) is 27.7 Å². The number of aliphatic hydroxyl groups is 1. The Labute approximate surface area is 367 Å².